The van der Waals surface area contributed by atoms with Gasteiger partial charge in [-0.3, -0.25) is 4.79 Å². The molecule has 0 aliphatic rings. The molecule has 5 nitrogen and oxygen atoms in total. The zero-order valence-electron chi connectivity index (χ0n) is 9.87. The van der Waals surface area contributed by atoms with E-state index in [-0.39, 0.29) is 5.91 Å². The van der Waals surface area contributed by atoms with Crippen LogP contribution in [-0.2, 0) is 6.42 Å². The average Bonchev–Trinajstić information content (AvgIpc) is 2.92. The van der Waals surface area contributed by atoms with Crippen molar-refractivity contribution in [3.05, 3.63) is 31.9 Å². The molecule has 2 aromatic heterocycles. The molecule has 0 spiro atoms. The molecule has 0 aliphatic carbocycles. The van der Waals surface area contributed by atoms with Crippen LogP contribution >= 0.6 is 43.2 Å². The maximum Gasteiger partial charge on any atom is 0.267 e. The van der Waals surface area contributed by atoms with Crippen molar-refractivity contribution in [1.82, 2.24) is 15.3 Å². The maximum absolute atomic E-state index is 11.8. The molecule has 19 heavy (non-hydrogen) atoms. The van der Waals surface area contributed by atoms with E-state index in [1.54, 1.807) is 6.07 Å². The van der Waals surface area contributed by atoms with Crippen molar-refractivity contribution in [2.24, 2.45) is 0 Å². The Kier molecular flexibility index (Phi) is 5.00. The van der Waals surface area contributed by atoms with Gasteiger partial charge in [-0.2, -0.15) is 0 Å². The molecule has 0 atom stereocenters. The molecule has 0 aromatic carbocycles. The summed E-state index contributed by atoms with van der Waals surface area (Å²) in [7, 11) is 0. The minimum atomic E-state index is -0.121. The molecule has 1 amide bonds. The molecule has 4 N–H and O–H groups in total. The topological polar surface area (TPSA) is 83.8 Å². The molecule has 0 unspecified atom stereocenters. The van der Waals surface area contributed by atoms with Crippen LogP contribution in [0.15, 0.2) is 20.5 Å². The van der Waals surface area contributed by atoms with Crippen LogP contribution in [0.5, 0.6) is 0 Å². The number of aryl methyl sites for hydroxylation is 1. The molecule has 2 heterocycles. The lowest BCUT2D eigenvalue weighted by Crippen LogP contribution is -2.25. The smallest absolute Gasteiger partial charge is 0.267 e. The number of anilines is 1. The van der Waals surface area contributed by atoms with Crippen LogP contribution in [0.2, 0.25) is 0 Å². The first-order valence-corrected chi connectivity index (χ1v) is 8.05. The quantitative estimate of drug-likeness (QED) is 0.666. The van der Waals surface area contributed by atoms with E-state index in [2.05, 4.69) is 47.1 Å². The number of nitrogens with two attached hydrogens (primary N) is 1. The van der Waals surface area contributed by atoms with Gasteiger partial charge < -0.3 is 16.0 Å². The van der Waals surface area contributed by atoms with Crippen molar-refractivity contribution < 1.29 is 4.79 Å². The minimum Gasteiger partial charge on any atom is -0.375 e. The van der Waals surface area contributed by atoms with Crippen LogP contribution in [0, 0.1) is 0 Å². The van der Waals surface area contributed by atoms with Gasteiger partial charge in [-0.05, 0) is 50.8 Å². The first kappa shape index (κ1) is 14.5. The first-order chi connectivity index (χ1) is 9.06. The van der Waals surface area contributed by atoms with E-state index in [0.29, 0.717) is 17.4 Å². The Labute approximate surface area is 131 Å². The van der Waals surface area contributed by atoms with Crippen molar-refractivity contribution in [2.75, 3.05) is 12.3 Å². The Hall–Kier alpha value is -0.860. The number of thiazole rings is 1. The predicted octanol–water partition coefficient (Wildman–Crippen LogP) is 2.94. The fourth-order valence-corrected chi connectivity index (χ4v) is 2.78. The number of aromatic amines is 1. The number of nitrogens with zero attached hydrogens (tertiary/aromatic N) is 1. The standard InChI is InChI=1S/C11H12Br2N4OS/c12-7-4-8(17-9(7)13)10(18)15-3-1-2-6-5-19-11(14)16-6/h4-5,17H,1-3H2,(H2,14,16)(H,15,18). The monoisotopic (exact) mass is 406 g/mol. The highest BCUT2D eigenvalue weighted by molar-refractivity contribution is 9.13. The number of hydrogen-bond acceptors (Lipinski definition) is 4. The van der Waals surface area contributed by atoms with Gasteiger partial charge in [0.15, 0.2) is 5.13 Å². The molecule has 0 fully saturated rings. The highest BCUT2D eigenvalue weighted by Crippen LogP contribution is 2.22. The molecule has 2 aromatic rings. The second kappa shape index (κ2) is 6.53. The first-order valence-electron chi connectivity index (χ1n) is 5.58. The summed E-state index contributed by atoms with van der Waals surface area (Å²) in [6, 6.07) is 1.74. The Morgan fingerprint density at radius 1 is 1.53 bits per heavy atom. The number of halogens is 2. The minimum absolute atomic E-state index is 0.121. The van der Waals surface area contributed by atoms with Gasteiger partial charge in [-0.15, -0.1) is 11.3 Å². The van der Waals surface area contributed by atoms with E-state index in [1.807, 2.05) is 5.38 Å². The summed E-state index contributed by atoms with van der Waals surface area (Å²) in [6.45, 7) is 0.602. The molecule has 102 valence electrons. The Bertz CT molecular complexity index is 562. The number of amides is 1. The van der Waals surface area contributed by atoms with Gasteiger partial charge in [0.2, 0.25) is 0 Å². The van der Waals surface area contributed by atoms with Crippen molar-refractivity contribution in [1.29, 1.82) is 0 Å². The molecule has 0 aliphatic heterocycles. The Morgan fingerprint density at radius 2 is 2.32 bits per heavy atom. The summed E-state index contributed by atoms with van der Waals surface area (Å²) in [4.78, 5) is 18.9. The van der Waals surface area contributed by atoms with Gasteiger partial charge in [0, 0.05) is 11.9 Å². The molecule has 0 saturated heterocycles. The molecular formula is C11H12Br2N4OS. The Balaban J connectivity index is 1.75. The van der Waals surface area contributed by atoms with Crippen LogP contribution in [0.25, 0.3) is 0 Å². The number of rotatable bonds is 5. The second-order valence-corrected chi connectivity index (χ2v) is 6.42. The SMILES string of the molecule is Nc1nc(CCCNC(=O)c2cc(Br)c(Br)[nH]2)cs1. The zero-order valence-corrected chi connectivity index (χ0v) is 13.9. The molecule has 0 bridgehead atoms. The van der Waals surface area contributed by atoms with Gasteiger partial charge in [-0.25, -0.2) is 4.98 Å². The van der Waals surface area contributed by atoms with Gasteiger partial charge >= 0.3 is 0 Å². The Morgan fingerprint density at radius 3 is 2.89 bits per heavy atom. The largest absolute Gasteiger partial charge is 0.375 e. The van der Waals surface area contributed by atoms with Gasteiger partial charge in [-0.1, -0.05) is 0 Å². The highest BCUT2D eigenvalue weighted by Gasteiger charge is 2.10. The van der Waals surface area contributed by atoms with Crippen molar-refractivity contribution in [2.45, 2.75) is 12.8 Å². The molecule has 0 radical (unpaired) electrons. The predicted molar refractivity (Wildman–Crippen MR) is 83.4 cm³/mol. The summed E-state index contributed by atoms with van der Waals surface area (Å²) in [5, 5.41) is 5.37. The molecule has 8 heteroatoms. The van der Waals surface area contributed by atoms with Crippen molar-refractivity contribution in [3.63, 3.8) is 0 Å². The molecule has 2 rings (SSSR count). The summed E-state index contributed by atoms with van der Waals surface area (Å²) in [5.74, 6) is -0.121. The van der Waals surface area contributed by atoms with E-state index in [0.717, 1.165) is 27.6 Å². The number of carbonyl (C=O) groups is 1. The summed E-state index contributed by atoms with van der Waals surface area (Å²) in [6.07, 6.45) is 1.64. The second-order valence-electron chi connectivity index (χ2n) is 3.88. The van der Waals surface area contributed by atoms with Crippen LogP contribution in [0.1, 0.15) is 22.6 Å². The van der Waals surface area contributed by atoms with Gasteiger partial charge in [0.1, 0.15) is 5.69 Å². The van der Waals surface area contributed by atoms with Gasteiger partial charge in [0.05, 0.1) is 14.8 Å². The van der Waals surface area contributed by atoms with Crippen molar-refractivity contribution in [3.8, 4) is 0 Å². The van der Waals surface area contributed by atoms with E-state index in [9.17, 15) is 4.79 Å². The number of carbonyl (C=O) groups excluding carboxylic acids is 1. The number of H-pyrrole nitrogens is 1. The lowest BCUT2D eigenvalue weighted by Gasteiger charge is -2.02. The zero-order chi connectivity index (χ0) is 13.8. The van der Waals surface area contributed by atoms with Crippen LogP contribution in [-0.4, -0.2) is 22.4 Å². The van der Waals surface area contributed by atoms with E-state index in [4.69, 9.17) is 5.73 Å². The van der Waals surface area contributed by atoms with Crippen LogP contribution in [0.3, 0.4) is 0 Å². The number of nitrogens with one attached hydrogen (secondary N) is 2. The van der Waals surface area contributed by atoms with E-state index < -0.39 is 0 Å². The third-order valence-electron chi connectivity index (χ3n) is 2.43. The molecule has 0 saturated carbocycles. The van der Waals surface area contributed by atoms with Gasteiger partial charge in [0.25, 0.3) is 5.91 Å². The number of aromatic nitrogens is 2. The number of nitrogen functional groups attached to an aromatic ring is 1. The maximum atomic E-state index is 11.8. The summed E-state index contributed by atoms with van der Waals surface area (Å²) in [5.41, 5.74) is 7.05. The third-order valence-corrected chi connectivity index (χ3v) is 4.94. The van der Waals surface area contributed by atoms with E-state index >= 15 is 0 Å². The summed E-state index contributed by atoms with van der Waals surface area (Å²) >= 11 is 8.05. The summed E-state index contributed by atoms with van der Waals surface area (Å²) < 4.78 is 1.59. The van der Waals surface area contributed by atoms with E-state index in [1.165, 1.54) is 11.3 Å². The number of hydrogen-bond donors (Lipinski definition) is 3. The fraction of sp³-hybridized carbons (Fsp3) is 0.273. The van der Waals surface area contributed by atoms with Crippen molar-refractivity contribution >= 4 is 54.2 Å². The lowest BCUT2D eigenvalue weighted by atomic mass is 10.2. The average molecular weight is 408 g/mol. The highest BCUT2D eigenvalue weighted by atomic mass is 79.9. The lowest BCUT2D eigenvalue weighted by molar-refractivity contribution is 0.0948. The van der Waals surface area contributed by atoms with Crippen LogP contribution < -0.4 is 11.1 Å². The van der Waals surface area contributed by atoms with Crippen LogP contribution in [0.4, 0.5) is 5.13 Å². The molecular weight excluding hydrogens is 396 g/mol. The fourth-order valence-electron chi connectivity index (χ4n) is 1.53. The third kappa shape index (κ3) is 4.05. The normalized spacial score (nSPS) is 10.6.